The van der Waals surface area contributed by atoms with Crippen LogP contribution in [-0.4, -0.2) is 35.0 Å². The van der Waals surface area contributed by atoms with Crippen LogP contribution in [0.25, 0.3) is 0 Å². The Balaban J connectivity index is 2.07. The molecule has 0 bridgehead atoms. The van der Waals surface area contributed by atoms with Crippen LogP contribution in [-0.2, 0) is 9.84 Å². The van der Waals surface area contributed by atoms with E-state index in [4.69, 9.17) is 12.2 Å². The molecule has 0 saturated carbocycles. The summed E-state index contributed by atoms with van der Waals surface area (Å²) in [7, 11) is -2.95. The maximum absolute atomic E-state index is 11.8. The van der Waals surface area contributed by atoms with Gasteiger partial charge in [-0.15, -0.1) is 0 Å². The second-order valence-electron chi connectivity index (χ2n) is 4.96. The molecule has 2 heterocycles. The Kier molecular flexibility index (Phi) is 2.73. The van der Waals surface area contributed by atoms with Gasteiger partial charge in [0.05, 0.1) is 22.3 Å². The van der Waals surface area contributed by atoms with Crippen molar-refractivity contribution in [2.24, 2.45) is 0 Å². The molecule has 96 valence electrons. The maximum Gasteiger partial charge on any atom is 0.153 e. The maximum atomic E-state index is 11.8. The first-order valence-corrected chi connectivity index (χ1v) is 8.80. The Bertz CT molecular complexity index is 599. The highest BCUT2D eigenvalue weighted by Gasteiger charge is 2.57. The lowest BCUT2D eigenvalue weighted by Gasteiger charge is -2.34. The van der Waals surface area contributed by atoms with Crippen LogP contribution < -0.4 is 4.90 Å². The van der Waals surface area contributed by atoms with Crippen LogP contribution in [0.15, 0.2) is 30.3 Å². The van der Waals surface area contributed by atoms with Gasteiger partial charge in [0.2, 0.25) is 0 Å². The molecule has 3 nitrogen and oxygen atoms in total. The van der Waals surface area contributed by atoms with Crippen molar-refractivity contribution < 1.29 is 8.42 Å². The summed E-state index contributed by atoms with van der Waals surface area (Å²) in [6.07, 6.45) is 0. The highest BCUT2D eigenvalue weighted by molar-refractivity contribution is 8.24. The zero-order chi connectivity index (χ0) is 13.0. The fourth-order valence-corrected chi connectivity index (χ4v) is 7.66. The molecule has 3 rings (SSSR count). The van der Waals surface area contributed by atoms with Crippen molar-refractivity contribution in [2.45, 2.75) is 17.7 Å². The van der Waals surface area contributed by atoms with Crippen LogP contribution in [0, 0.1) is 0 Å². The molecular formula is C12H13NO2S3. The Morgan fingerprint density at radius 2 is 2.06 bits per heavy atom. The number of thiocarbonyl (C=S) groups is 1. The van der Waals surface area contributed by atoms with Crippen molar-refractivity contribution in [3.05, 3.63) is 30.3 Å². The molecule has 1 aromatic rings. The zero-order valence-electron chi connectivity index (χ0n) is 9.87. The van der Waals surface area contributed by atoms with Gasteiger partial charge in [-0.1, -0.05) is 42.2 Å². The van der Waals surface area contributed by atoms with Gasteiger partial charge in [0.25, 0.3) is 0 Å². The number of para-hydroxylation sites is 1. The normalized spacial score (nSPS) is 33.7. The van der Waals surface area contributed by atoms with Gasteiger partial charge < -0.3 is 4.90 Å². The van der Waals surface area contributed by atoms with Crippen molar-refractivity contribution in [3.63, 3.8) is 0 Å². The van der Waals surface area contributed by atoms with E-state index in [2.05, 4.69) is 0 Å². The monoisotopic (exact) mass is 299 g/mol. The quantitative estimate of drug-likeness (QED) is 0.742. The van der Waals surface area contributed by atoms with Crippen LogP contribution in [0.4, 0.5) is 5.69 Å². The number of sulfone groups is 1. The third kappa shape index (κ3) is 1.78. The van der Waals surface area contributed by atoms with Gasteiger partial charge in [-0.2, -0.15) is 0 Å². The number of rotatable bonds is 1. The minimum absolute atomic E-state index is 0.0511. The first-order valence-electron chi connectivity index (χ1n) is 5.69. The van der Waals surface area contributed by atoms with E-state index in [-0.39, 0.29) is 16.8 Å². The molecule has 2 fully saturated rings. The number of fused-ring (bicyclic) bond motifs is 1. The second kappa shape index (κ2) is 3.95. The fraction of sp³-hybridized carbons (Fsp3) is 0.417. The molecule has 0 aliphatic carbocycles. The van der Waals surface area contributed by atoms with E-state index in [9.17, 15) is 8.42 Å². The Morgan fingerprint density at radius 3 is 2.72 bits per heavy atom. The molecule has 0 unspecified atom stereocenters. The first-order chi connectivity index (χ1) is 8.42. The first kappa shape index (κ1) is 12.4. The number of hydrogen-bond donors (Lipinski definition) is 0. The van der Waals surface area contributed by atoms with E-state index in [1.165, 1.54) is 11.8 Å². The van der Waals surface area contributed by atoms with E-state index in [0.29, 0.717) is 0 Å². The smallest absolute Gasteiger partial charge is 0.153 e. The van der Waals surface area contributed by atoms with Crippen molar-refractivity contribution in [3.8, 4) is 0 Å². The minimum Gasteiger partial charge on any atom is -0.319 e. The number of hydrogen-bond acceptors (Lipinski definition) is 4. The van der Waals surface area contributed by atoms with Gasteiger partial charge in [-0.05, 0) is 19.1 Å². The van der Waals surface area contributed by atoms with Crippen LogP contribution in [0.3, 0.4) is 0 Å². The second-order valence-corrected chi connectivity index (χ2v) is 8.90. The summed E-state index contributed by atoms with van der Waals surface area (Å²) in [5.41, 5.74) is 0.583. The molecule has 0 aromatic heterocycles. The predicted molar refractivity (Wildman–Crippen MR) is 80.0 cm³/mol. The third-order valence-electron chi connectivity index (χ3n) is 3.56. The topological polar surface area (TPSA) is 37.4 Å². The van der Waals surface area contributed by atoms with E-state index < -0.39 is 15.4 Å². The number of thioether (sulfide) groups is 1. The number of benzene rings is 1. The lowest BCUT2D eigenvalue weighted by atomic mass is 9.99. The minimum atomic E-state index is -2.95. The number of nitrogens with zero attached hydrogens (tertiary/aromatic N) is 1. The molecule has 0 radical (unpaired) electrons. The van der Waals surface area contributed by atoms with Crippen molar-refractivity contribution in [1.29, 1.82) is 0 Å². The average molecular weight is 299 g/mol. The lowest BCUT2D eigenvalue weighted by Crippen LogP contribution is -2.49. The van der Waals surface area contributed by atoms with Gasteiger partial charge >= 0.3 is 0 Å². The molecule has 18 heavy (non-hydrogen) atoms. The molecule has 0 spiro atoms. The summed E-state index contributed by atoms with van der Waals surface area (Å²) in [5, 5.41) is 0.0511. The molecule has 0 N–H and O–H groups in total. The summed E-state index contributed by atoms with van der Waals surface area (Å²) >= 11 is 6.94. The van der Waals surface area contributed by atoms with Crippen LogP contribution in [0.5, 0.6) is 0 Å². The lowest BCUT2D eigenvalue weighted by molar-refractivity contribution is 0.550. The van der Waals surface area contributed by atoms with E-state index in [1.54, 1.807) is 0 Å². The van der Waals surface area contributed by atoms with Gasteiger partial charge in [-0.3, -0.25) is 0 Å². The van der Waals surface area contributed by atoms with Crippen LogP contribution in [0.2, 0.25) is 0 Å². The SMILES string of the molecule is C[C@]12CS(=O)(=O)C[C@@H]1SC(=S)N2c1ccccc1. The fourth-order valence-electron chi connectivity index (χ4n) is 2.74. The summed E-state index contributed by atoms with van der Waals surface area (Å²) < 4.78 is 24.5. The molecule has 2 atom stereocenters. The van der Waals surface area contributed by atoms with Gasteiger partial charge in [-0.25, -0.2) is 8.42 Å². The highest BCUT2D eigenvalue weighted by Crippen LogP contribution is 2.47. The van der Waals surface area contributed by atoms with E-state index >= 15 is 0 Å². The molecule has 2 aliphatic heterocycles. The molecule has 1 aromatic carbocycles. The summed E-state index contributed by atoms with van der Waals surface area (Å²) in [4.78, 5) is 2.02. The molecule has 0 amide bonds. The van der Waals surface area contributed by atoms with Gasteiger partial charge in [0, 0.05) is 5.69 Å². The van der Waals surface area contributed by atoms with Crippen LogP contribution in [0.1, 0.15) is 6.92 Å². The molecule has 6 heteroatoms. The zero-order valence-corrected chi connectivity index (χ0v) is 12.3. The largest absolute Gasteiger partial charge is 0.319 e. The highest BCUT2D eigenvalue weighted by atomic mass is 32.2. The Hall–Kier alpha value is -0.590. The standard InChI is InChI=1S/C12H13NO2S3/c1-12-8-18(14,15)7-10(12)17-11(16)13(12)9-5-3-2-4-6-9/h2-6,10H,7-8H2,1H3/t10-,12-/m0/s1. The summed E-state index contributed by atoms with van der Waals surface area (Å²) in [6, 6.07) is 9.79. The van der Waals surface area contributed by atoms with E-state index in [1.807, 2.05) is 42.2 Å². The van der Waals surface area contributed by atoms with Crippen molar-refractivity contribution in [1.82, 2.24) is 0 Å². The Morgan fingerprint density at radius 1 is 1.39 bits per heavy atom. The van der Waals surface area contributed by atoms with Crippen molar-refractivity contribution in [2.75, 3.05) is 16.4 Å². The molecule has 2 aliphatic rings. The van der Waals surface area contributed by atoms with Crippen molar-refractivity contribution >= 4 is 43.8 Å². The van der Waals surface area contributed by atoms with E-state index in [0.717, 1.165) is 10.0 Å². The number of anilines is 1. The Labute approximate surface area is 116 Å². The summed E-state index contributed by atoms with van der Waals surface area (Å²) in [6.45, 7) is 2.00. The molecular weight excluding hydrogens is 286 g/mol. The average Bonchev–Trinajstić information content (AvgIpc) is 2.62. The summed E-state index contributed by atoms with van der Waals surface area (Å²) in [5.74, 6) is 0.421. The predicted octanol–water partition coefficient (Wildman–Crippen LogP) is 2.08. The van der Waals surface area contributed by atoms with Crippen LogP contribution >= 0.6 is 24.0 Å². The van der Waals surface area contributed by atoms with Gasteiger partial charge in [0.1, 0.15) is 4.32 Å². The van der Waals surface area contributed by atoms with Gasteiger partial charge in [0.15, 0.2) is 9.84 Å². The molecule has 2 saturated heterocycles. The third-order valence-corrected chi connectivity index (χ3v) is 7.45.